The fourth-order valence-corrected chi connectivity index (χ4v) is 2.98. The smallest absolute Gasteiger partial charge is 0.224 e. The molecule has 1 heterocycles. The molecule has 0 unspecified atom stereocenters. The van der Waals surface area contributed by atoms with Gasteiger partial charge in [-0.2, -0.15) is 0 Å². The molecule has 120 valence electrons. The summed E-state index contributed by atoms with van der Waals surface area (Å²) >= 11 is 0. The van der Waals surface area contributed by atoms with Gasteiger partial charge in [0.25, 0.3) is 0 Å². The fraction of sp³-hybridized carbons (Fsp3) is 0.316. The van der Waals surface area contributed by atoms with Crippen molar-refractivity contribution in [3.63, 3.8) is 0 Å². The molecule has 3 rings (SSSR count). The highest BCUT2D eigenvalue weighted by molar-refractivity contribution is 5.91. The first kappa shape index (κ1) is 15.7. The van der Waals surface area contributed by atoms with Crippen molar-refractivity contribution >= 4 is 11.6 Å². The Morgan fingerprint density at radius 1 is 1.26 bits per heavy atom. The van der Waals surface area contributed by atoms with E-state index in [1.165, 1.54) is 5.56 Å². The molecule has 0 fully saturated rings. The first-order valence-electron chi connectivity index (χ1n) is 8.00. The van der Waals surface area contributed by atoms with Gasteiger partial charge in [0.05, 0.1) is 5.69 Å². The van der Waals surface area contributed by atoms with E-state index in [1.54, 1.807) is 6.07 Å². The number of rotatable bonds is 4. The third-order valence-corrected chi connectivity index (χ3v) is 4.36. The quantitative estimate of drug-likeness (QED) is 0.909. The molecule has 2 aromatic carbocycles. The van der Waals surface area contributed by atoms with Gasteiger partial charge in [0.2, 0.25) is 5.91 Å². The zero-order valence-electron chi connectivity index (χ0n) is 13.3. The minimum absolute atomic E-state index is 0.152. The number of benzene rings is 2. The molecule has 0 radical (unpaired) electrons. The van der Waals surface area contributed by atoms with Crippen LogP contribution in [0.4, 0.5) is 10.1 Å². The van der Waals surface area contributed by atoms with Crippen molar-refractivity contribution in [1.29, 1.82) is 0 Å². The predicted molar refractivity (Wildman–Crippen MR) is 89.9 cm³/mol. The minimum Gasteiger partial charge on any atom is -0.324 e. The number of fused-ring (bicyclic) bond motifs is 1. The third-order valence-electron chi connectivity index (χ3n) is 4.36. The van der Waals surface area contributed by atoms with Gasteiger partial charge >= 0.3 is 0 Å². The Balaban J connectivity index is 1.65. The van der Waals surface area contributed by atoms with Crippen LogP contribution in [0.25, 0.3) is 0 Å². The predicted octanol–water partition coefficient (Wildman–Crippen LogP) is 3.35. The van der Waals surface area contributed by atoms with E-state index in [9.17, 15) is 9.18 Å². The van der Waals surface area contributed by atoms with Gasteiger partial charge in [-0.15, -0.1) is 0 Å². The van der Waals surface area contributed by atoms with E-state index in [1.807, 2.05) is 37.3 Å². The van der Waals surface area contributed by atoms with Crippen LogP contribution in [0.3, 0.4) is 0 Å². The van der Waals surface area contributed by atoms with Crippen molar-refractivity contribution in [2.24, 2.45) is 0 Å². The number of nitrogens with one attached hydrogen (secondary N) is 2. The normalized spacial score (nSPS) is 13.5. The lowest BCUT2D eigenvalue weighted by Crippen LogP contribution is -2.25. The lowest BCUT2D eigenvalue weighted by molar-refractivity contribution is -0.116. The highest BCUT2D eigenvalue weighted by Crippen LogP contribution is 2.24. The summed E-state index contributed by atoms with van der Waals surface area (Å²) in [5.74, 6) is -0.436. The number of halogens is 1. The molecular formula is C19H21FN2O. The average Bonchev–Trinajstić information content (AvgIpc) is 2.57. The zero-order valence-corrected chi connectivity index (χ0v) is 13.3. The van der Waals surface area contributed by atoms with E-state index < -0.39 is 0 Å². The van der Waals surface area contributed by atoms with Crippen LogP contribution in [-0.2, 0) is 24.2 Å². The standard InChI is InChI=1S/C19H21FN2O/c1-13-4-2-3-5-14(13)7-9-18(23)22-17-8-6-15-12-21-11-10-16(15)19(17)20/h2-6,8,21H,7,9-12H2,1H3,(H,22,23). The number of carbonyl (C=O) groups excluding carboxylic acids is 1. The molecular weight excluding hydrogens is 291 g/mol. The topological polar surface area (TPSA) is 41.1 Å². The lowest BCUT2D eigenvalue weighted by Gasteiger charge is -2.19. The summed E-state index contributed by atoms with van der Waals surface area (Å²) in [5.41, 5.74) is 4.32. The van der Waals surface area contributed by atoms with Crippen molar-refractivity contribution in [3.05, 3.63) is 64.5 Å². The number of amides is 1. The number of anilines is 1. The molecule has 0 aromatic heterocycles. The Bertz CT molecular complexity index is 727. The second-order valence-corrected chi connectivity index (χ2v) is 5.97. The van der Waals surface area contributed by atoms with Gasteiger partial charge in [0.15, 0.2) is 0 Å². The maximum absolute atomic E-state index is 14.5. The Morgan fingerprint density at radius 3 is 2.91 bits per heavy atom. The number of hydrogen-bond acceptors (Lipinski definition) is 2. The summed E-state index contributed by atoms with van der Waals surface area (Å²) in [6.45, 7) is 3.49. The first-order valence-corrected chi connectivity index (χ1v) is 8.00. The van der Waals surface area contributed by atoms with Crippen LogP contribution in [0.15, 0.2) is 36.4 Å². The molecule has 23 heavy (non-hydrogen) atoms. The van der Waals surface area contributed by atoms with Gasteiger partial charge in [-0.1, -0.05) is 30.3 Å². The van der Waals surface area contributed by atoms with Crippen molar-refractivity contribution in [3.8, 4) is 0 Å². The summed E-state index contributed by atoms with van der Waals surface area (Å²) in [6, 6.07) is 11.6. The lowest BCUT2D eigenvalue weighted by atomic mass is 9.99. The van der Waals surface area contributed by atoms with Crippen LogP contribution in [0, 0.1) is 12.7 Å². The molecule has 0 spiro atoms. The minimum atomic E-state index is -0.284. The van der Waals surface area contributed by atoms with Crippen LogP contribution in [0.5, 0.6) is 0 Å². The Hall–Kier alpha value is -2.20. The van der Waals surface area contributed by atoms with Crippen molar-refractivity contribution < 1.29 is 9.18 Å². The van der Waals surface area contributed by atoms with E-state index in [0.29, 0.717) is 31.5 Å². The largest absolute Gasteiger partial charge is 0.324 e. The van der Waals surface area contributed by atoms with Gasteiger partial charge in [-0.05, 0) is 54.6 Å². The highest BCUT2D eigenvalue weighted by Gasteiger charge is 2.17. The molecule has 0 saturated heterocycles. The van der Waals surface area contributed by atoms with Crippen molar-refractivity contribution in [1.82, 2.24) is 5.32 Å². The molecule has 1 aliphatic rings. The average molecular weight is 312 g/mol. The first-order chi connectivity index (χ1) is 11.1. The fourth-order valence-electron chi connectivity index (χ4n) is 2.98. The molecule has 1 aliphatic heterocycles. The molecule has 1 amide bonds. The maximum atomic E-state index is 14.5. The Labute approximate surface area is 135 Å². The van der Waals surface area contributed by atoms with Gasteiger partial charge in [0, 0.05) is 13.0 Å². The number of aryl methyl sites for hydroxylation is 2. The van der Waals surface area contributed by atoms with Crippen LogP contribution in [0.2, 0.25) is 0 Å². The van der Waals surface area contributed by atoms with Crippen LogP contribution in [-0.4, -0.2) is 12.5 Å². The molecule has 0 aliphatic carbocycles. The van der Waals surface area contributed by atoms with Crippen LogP contribution in [0.1, 0.15) is 28.7 Å². The Morgan fingerprint density at radius 2 is 2.09 bits per heavy atom. The van der Waals surface area contributed by atoms with Gasteiger partial charge in [0.1, 0.15) is 5.82 Å². The maximum Gasteiger partial charge on any atom is 0.224 e. The van der Waals surface area contributed by atoms with E-state index in [0.717, 1.165) is 23.2 Å². The van der Waals surface area contributed by atoms with Crippen molar-refractivity contribution in [2.45, 2.75) is 32.7 Å². The molecule has 2 aromatic rings. The van der Waals surface area contributed by atoms with Crippen LogP contribution < -0.4 is 10.6 Å². The second kappa shape index (κ2) is 6.92. The SMILES string of the molecule is Cc1ccccc1CCC(=O)Nc1ccc2c(c1F)CCNC2. The van der Waals surface area contributed by atoms with E-state index in [4.69, 9.17) is 0 Å². The number of hydrogen-bond donors (Lipinski definition) is 2. The van der Waals surface area contributed by atoms with E-state index in [-0.39, 0.29) is 11.7 Å². The molecule has 0 atom stereocenters. The van der Waals surface area contributed by atoms with Gasteiger partial charge < -0.3 is 10.6 Å². The summed E-state index contributed by atoms with van der Waals surface area (Å²) in [5, 5.41) is 5.93. The van der Waals surface area contributed by atoms with Gasteiger partial charge in [-0.25, -0.2) is 4.39 Å². The molecule has 2 N–H and O–H groups in total. The second-order valence-electron chi connectivity index (χ2n) is 5.97. The molecule has 4 heteroatoms. The van der Waals surface area contributed by atoms with Gasteiger partial charge in [-0.3, -0.25) is 4.79 Å². The van der Waals surface area contributed by atoms with E-state index >= 15 is 0 Å². The molecule has 0 saturated carbocycles. The highest BCUT2D eigenvalue weighted by atomic mass is 19.1. The molecule has 3 nitrogen and oxygen atoms in total. The van der Waals surface area contributed by atoms with Crippen LogP contribution >= 0.6 is 0 Å². The van der Waals surface area contributed by atoms with E-state index in [2.05, 4.69) is 10.6 Å². The molecule has 0 bridgehead atoms. The Kier molecular flexibility index (Phi) is 4.72. The van der Waals surface area contributed by atoms with Crippen molar-refractivity contribution in [2.75, 3.05) is 11.9 Å². The third kappa shape index (κ3) is 3.59. The zero-order chi connectivity index (χ0) is 16.2. The number of carbonyl (C=O) groups is 1. The summed E-state index contributed by atoms with van der Waals surface area (Å²) in [6.07, 6.45) is 1.67. The summed E-state index contributed by atoms with van der Waals surface area (Å²) < 4.78 is 14.5. The summed E-state index contributed by atoms with van der Waals surface area (Å²) in [4.78, 5) is 12.1. The monoisotopic (exact) mass is 312 g/mol. The summed E-state index contributed by atoms with van der Waals surface area (Å²) in [7, 11) is 0.